The molecule has 1 aliphatic carbocycles. The minimum atomic E-state index is -0.674. The lowest BCUT2D eigenvalue weighted by Crippen LogP contribution is -2.20. The van der Waals surface area contributed by atoms with E-state index in [1.807, 2.05) is 6.07 Å². The van der Waals surface area contributed by atoms with Crippen LogP contribution in [-0.4, -0.2) is 16.0 Å². The maximum Gasteiger partial charge on any atom is 0.234 e. The summed E-state index contributed by atoms with van der Waals surface area (Å²) in [5, 5.41) is 12.4. The minimum absolute atomic E-state index is 0.0254. The highest BCUT2D eigenvalue weighted by Gasteiger charge is 2.18. The van der Waals surface area contributed by atoms with Gasteiger partial charge in [0.15, 0.2) is 0 Å². The van der Waals surface area contributed by atoms with Crippen molar-refractivity contribution in [3.63, 3.8) is 0 Å². The van der Waals surface area contributed by atoms with Gasteiger partial charge >= 0.3 is 0 Å². The Balaban J connectivity index is 1.98. The van der Waals surface area contributed by atoms with Crippen molar-refractivity contribution < 1.29 is 8.78 Å². The van der Waals surface area contributed by atoms with E-state index in [0.29, 0.717) is 11.4 Å². The molecule has 124 valence electrons. The summed E-state index contributed by atoms with van der Waals surface area (Å²) in [4.78, 5) is 8.15. The monoisotopic (exact) mass is 328 g/mol. The Bertz CT molecular complexity index is 762. The summed E-state index contributed by atoms with van der Waals surface area (Å²) < 4.78 is 27.3. The molecule has 0 radical (unpaired) electrons. The number of nitriles is 1. The molecule has 2 aromatic rings. The van der Waals surface area contributed by atoms with Gasteiger partial charge in [-0.05, 0) is 25.0 Å². The van der Waals surface area contributed by atoms with E-state index in [4.69, 9.17) is 5.26 Å². The van der Waals surface area contributed by atoms with Crippen LogP contribution in [0.25, 0.3) is 11.1 Å². The number of anilines is 1. The highest BCUT2D eigenvalue weighted by molar-refractivity contribution is 5.75. The van der Waals surface area contributed by atoms with Gasteiger partial charge in [-0.15, -0.1) is 0 Å². The number of aromatic nitrogens is 2. The highest BCUT2D eigenvalue weighted by atomic mass is 19.1. The van der Waals surface area contributed by atoms with Gasteiger partial charge in [0.25, 0.3) is 0 Å². The second-order valence-corrected chi connectivity index (χ2v) is 6.02. The minimum Gasteiger partial charge on any atom is -0.367 e. The lowest BCUT2D eigenvalue weighted by molar-refractivity contribution is 0.585. The van der Waals surface area contributed by atoms with Crippen LogP contribution in [0, 0.1) is 23.0 Å². The molecule has 6 heteroatoms. The molecule has 1 heterocycles. The molecule has 3 rings (SSSR count). The fourth-order valence-electron chi connectivity index (χ4n) is 3.07. The molecule has 1 aromatic carbocycles. The third-order valence-corrected chi connectivity index (χ3v) is 4.31. The van der Waals surface area contributed by atoms with Crippen LogP contribution in [0.1, 0.15) is 44.3 Å². The maximum absolute atomic E-state index is 14.2. The summed E-state index contributed by atoms with van der Waals surface area (Å²) >= 11 is 0. The van der Waals surface area contributed by atoms with Gasteiger partial charge in [0, 0.05) is 29.4 Å². The summed E-state index contributed by atoms with van der Waals surface area (Å²) in [6.07, 6.45) is 8.13. The Hall–Kier alpha value is -2.55. The van der Waals surface area contributed by atoms with Gasteiger partial charge in [0.05, 0.1) is 0 Å². The van der Waals surface area contributed by atoms with Crippen molar-refractivity contribution >= 4 is 5.82 Å². The largest absolute Gasteiger partial charge is 0.367 e. The zero-order valence-corrected chi connectivity index (χ0v) is 13.2. The van der Waals surface area contributed by atoms with Gasteiger partial charge in [0.1, 0.15) is 23.5 Å². The molecule has 24 heavy (non-hydrogen) atoms. The van der Waals surface area contributed by atoms with Crippen molar-refractivity contribution in [2.45, 2.75) is 44.6 Å². The molecular formula is C18H18F2N4. The molecule has 1 N–H and O–H groups in total. The number of hydrogen-bond donors (Lipinski definition) is 1. The Kier molecular flexibility index (Phi) is 4.99. The van der Waals surface area contributed by atoms with Gasteiger partial charge in [-0.2, -0.15) is 5.26 Å². The lowest BCUT2D eigenvalue weighted by atomic mass is 10.1. The van der Waals surface area contributed by atoms with Crippen LogP contribution in [0.5, 0.6) is 0 Å². The van der Waals surface area contributed by atoms with Crippen molar-refractivity contribution in [2.24, 2.45) is 0 Å². The molecule has 0 aliphatic heterocycles. The number of hydrogen-bond acceptors (Lipinski definition) is 4. The summed E-state index contributed by atoms with van der Waals surface area (Å²) in [5.74, 6) is -0.854. The van der Waals surface area contributed by atoms with Crippen molar-refractivity contribution in [1.82, 2.24) is 9.97 Å². The van der Waals surface area contributed by atoms with Crippen LogP contribution in [-0.2, 0) is 0 Å². The molecule has 4 nitrogen and oxygen atoms in total. The number of benzene rings is 1. The Morgan fingerprint density at radius 1 is 1.08 bits per heavy atom. The first-order valence-electron chi connectivity index (χ1n) is 8.16. The molecule has 1 aliphatic rings. The number of rotatable bonds is 3. The third kappa shape index (κ3) is 3.67. The fraction of sp³-hybridized carbons (Fsp3) is 0.389. The molecule has 0 unspecified atom stereocenters. The van der Waals surface area contributed by atoms with Gasteiger partial charge in [-0.3, -0.25) is 0 Å². The second kappa shape index (κ2) is 7.35. The van der Waals surface area contributed by atoms with E-state index in [0.717, 1.165) is 31.7 Å². The summed E-state index contributed by atoms with van der Waals surface area (Å²) in [7, 11) is 0. The zero-order chi connectivity index (χ0) is 16.9. The van der Waals surface area contributed by atoms with Gasteiger partial charge in [-0.25, -0.2) is 18.7 Å². The molecule has 0 amide bonds. The van der Waals surface area contributed by atoms with Crippen molar-refractivity contribution in [3.8, 4) is 17.2 Å². The van der Waals surface area contributed by atoms with E-state index in [1.165, 1.54) is 31.2 Å². The first-order valence-corrected chi connectivity index (χ1v) is 8.16. The van der Waals surface area contributed by atoms with E-state index >= 15 is 0 Å². The SMILES string of the molecule is N#Cc1ncc(-c2ccc(F)cc2F)c(NC2CCCCCC2)n1. The van der Waals surface area contributed by atoms with Crippen LogP contribution >= 0.6 is 0 Å². The molecule has 0 bridgehead atoms. The molecule has 0 spiro atoms. The highest BCUT2D eigenvalue weighted by Crippen LogP contribution is 2.30. The van der Waals surface area contributed by atoms with E-state index in [9.17, 15) is 8.78 Å². The first-order chi connectivity index (χ1) is 11.7. The topological polar surface area (TPSA) is 61.6 Å². The third-order valence-electron chi connectivity index (χ3n) is 4.31. The van der Waals surface area contributed by atoms with Crippen molar-refractivity contribution in [3.05, 3.63) is 41.9 Å². The average Bonchev–Trinajstić information content (AvgIpc) is 2.84. The Morgan fingerprint density at radius 2 is 1.83 bits per heavy atom. The molecule has 0 atom stereocenters. The quantitative estimate of drug-likeness (QED) is 0.847. The number of nitrogens with zero attached hydrogens (tertiary/aromatic N) is 3. The van der Waals surface area contributed by atoms with Gasteiger partial charge in [0.2, 0.25) is 5.82 Å². The van der Waals surface area contributed by atoms with Crippen LogP contribution < -0.4 is 5.32 Å². The molecule has 1 fully saturated rings. The van der Waals surface area contributed by atoms with E-state index in [-0.39, 0.29) is 17.4 Å². The Morgan fingerprint density at radius 3 is 2.50 bits per heavy atom. The van der Waals surface area contributed by atoms with Crippen molar-refractivity contribution in [2.75, 3.05) is 5.32 Å². The predicted molar refractivity (Wildman–Crippen MR) is 87.2 cm³/mol. The summed E-state index contributed by atoms with van der Waals surface area (Å²) in [6, 6.07) is 5.54. The maximum atomic E-state index is 14.2. The molecule has 0 saturated heterocycles. The van der Waals surface area contributed by atoms with E-state index < -0.39 is 11.6 Å². The van der Waals surface area contributed by atoms with Gasteiger partial charge in [-0.1, -0.05) is 25.7 Å². The lowest BCUT2D eigenvalue weighted by Gasteiger charge is -2.19. The molecule has 1 aromatic heterocycles. The standard InChI is InChI=1S/C18H18F2N4/c19-12-7-8-14(16(20)9-12)15-11-22-17(10-21)24-18(15)23-13-5-3-1-2-4-6-13/h7-9,11,13H,1-6H2,(H,22,23,24). The van der Waals surface area contributed by atoms with Crippen LogP contribution in [0.3, 0.4) is 0 Å². The number of halogens is 2. The summed E-state index contributed by atoms with van der Waals surface area (Å²) in [6.45, 7) is 0. The smallest absolute Gasteiger partial charge is 0.234 e. The van der Waals surface area contributed by atoms with Crippen molar-refractivity contribution in [1.29, 1.82) is 5.26 Å². The van der Waals surface area contributed by atoms with E-state index in [2.05, 4.69) is 15.3 Å². The fourth-order valence-corrected chi connectivity index (χ4v) is 3.07. The van der Waals surface area contributed by atoms with Crippen LogP contribution in [0.15, 0.2) is 24.4 Å². The zero-order valence-electron chi connectivity index (χ0n) is 13.2. The Labute approximate surface area is 139 Å². The number of nitrogens with one attached hydrogen (secondary N) is 1. The second-order valence-electron chi connectivity index (χ2n) is 6.02. The van der Waals surface area contributed by atoms with Crippen LogP contribution in [0.4, 0.5) is 14.6 Å². The van der Waals surface area contributed by atoms with Gasteiger partial charge < -0.3 is 5.32 Å². The predicted octanol–water partition coefficient (Wildman–Crippen LogP) is 4.43. The van der Waals surface area contributed by atoms with Crippen LogP contribution in [0.2, 0.25) is 0 Å². The average molecular weight is 328 g/mol. The first kappa shape index (κ1) is 16.3. The molecule has 1 saturated carbocycles. The van der Waals surface area contributed by atoms with E-state index in [1.54, 1.807) is 0 Å². The molecular weight excluding hydrogens is 310 g/mol. The summed E-state index contributed by atoms with van der Waals surface area (Å²) in [5.41, 5.74) is 0.660. The normalized spacial score (nSPS) is 15.5.